The van der Waals surface area contributed by atoms with E-state index in [9.17, 15) is 48.3 Å². The molecule has 27 nitrogen and oxygen atoms in total. The molecule has 0 spiro atoms. The number of amides is 9. The monoisotopic (exact) mass is 2080 g/mol. The largest absolute Gasteiger partial charge is 0.508 e. The molecule has 10 aromatic carbocycles. The maximum atomic E-state index is 13.2. The molecule has 4 unspecified atom stereocenters. The molecular weight excluding hydrogens is 1960 g/mol. The summed E-state index contributed by atoms with van der Waals surface area (Å²) >= 11 is 36.8. The molecule has 0 radical (unpaired) electrons. The standard InChI is InChI=1S/C30H31Cl3N4O4.C26H21Cl3N4O4.C26H41NO4.C21H27NO3.C8H10O2/c1-4-5-9-25(41-24-11-10-17(2)12-18(24)3)30(40)34-21-8-6-7-19(13-21)29(39)35-26-16-27(38)37(36-26)28-22(32)14-20(31)15-23(28)33;1-14-6-7-21(15(2)8-14)37-13-23(34)30-18-5-3-4-16(9-18)26(36)31-22-12-24(35)33(32-22)25-19(28)10-17(27)11-20(25)29;1-3-5-7-8-9-10-11-12-13-16-20-30-23-19-15-14-17-22(23)21-27-25(28)24(18-6-4-2)31-26(27)29;1-5-6-7-20(25-19-11-8-14(2)12-16(19)4)21(24)22-17-10-9-15(3)18(23)13-17;1-5-3-8(10)6(2)4-7(5)9/h6-8,10-15,25-26,36H,4-5,9,16H2,1-3H3,(H,34,40)(H,35,39);3-11H,12-13H2,1-2H3,(H,30,34)(H,31,32,36);14-15,17,19,24H,3-13,16,18,20-21H2,1-2H3;8-13,20,23H,5-7H2,1-4H3,(H,22,24);3-4,9-10H,1-2H3. The van der Waals surface area contributed by atoms with Crippen LogP contribution < -0.4 is 61.0 Å². The van der Waals surface area contributed by atoms with Gasteiger partial charge in [-0.3, -0.25) is 38.4 Å². The minimum Gasteiger partial charge on any atom is -0.508 e. The summed E-state index contributed by atoms with van der Waals surface area (Å²) in [6, 6.07) is 52.0. The van der Waals surface area contributed by atoms with Crippen LogP contribution in [-0.4, -0.2) is 117 Å². The predicted octanol–water partition coefficient (Wildman–Crippen LogP) is 26.2. The topological polar surface area (TPSA) is 355 Å². The molecule has 2 fully saturated rings. The quantitative estimate of drug-likeness (QED) is 0.0127. The number of carbonyl (C=O) groups is 9. The zero-order valence-corrected chi connectivity index (χ0v) is 88.2. The number of para-hydroxylation sites is 1. The van der Waals surface area contributed by atoms with Gasteiger partial charge in [-0.15, -0.1) is 0 Å². The number of anilines is 5. The van der Waals surface area contributed by atoms with Crippen LogP contribution in [-0.2, 0) is 40.0 Å². The number of aryl methyl sites for hydroxylation is 9. The Balaban J connectivity index is 0.000000209. The first kappa shape index (κ1) is 115. The fourth-order valence-corrected chi connectivity index (χ4v) is 17.4. The number of hydrazone groups is 1. The van der Waals surface area contributed by atoms with Crippen molar-refractivity contribution in [2.75, 3.05) is 39.2 Å². The van der Waals surface area contributed by atoms with Gasteiger partial charge < -0.3 is 65.6 Å². The highest BCUT2D eigenvalue weighted by molar-refractivity contribution is 6.43. The summed E-state index contributed by atoms with van der Waals surface area (Å²) in [5.41, 5.74) is 14.6. The van der Waals surface area contributed by atoms with E-state index in [0.717, 1.165) is 106 Å². The van der Waals surface area contributed by atoms with E-state index in [2.05, 4.69) is 64.8 Å². The number of aromatic hydroxyl groups is 3. The van der Waals surface area contributed by atoms with Gasteiger partial charge >= 0.3 is 6.09 Å². The highest BCUT2D eigenvalue weighted by Gasteiger charge is 2.41. The number of amidine groups is 1. The fourth-order valence-electron chi connectivity index (χ4n) is 15.5. The Morgan fingerprint density at radius 2 is 0.924 bits per heavy atom. The van der Waals surface area contributed by atoms with Gasteiger partial charge in [0, 0.05) is 49.9 Å². The molecule has 2 saturated heterocycles. The van der Waals surface area contributed by atoms with E-state index in [4.69, 9.17) is 104 Å². The van der Waals surface area contributed by atoms with Crippen LogP contribution in [0.2, 0.25) is 30.1 Å². The number of ether oxygens (including phenoxy) is 5. The SMILES string of the molecule is CCCCC(Oc1ccc(C)cc1C)C(=O)Nc1ccc(C)c(O)c1.CCCCC(Oc1ccc(C)cc1C)C(=O)Nc1cccc(C(=O)NC2CC(=O)N(c3c(Cl)cc(Cl)cc3Cl)N2)c1.CCCCCCCCCCCCOc1ccccc1CN1C(=O)OC(CCCC)C1=O.Cc1cc(O)c(C)cc1O.Cc1ccc(OCC(=O)Nc2cccc(C(=O)NC3=NN(c4c(Cl)cc(Cl)cc4Cl)C(=O)C3)c2)c(C)c1. The lowest BCUT2D eigenvalue weighted by atomic mass is 10.1. The number of hydrogen-bond donors (Lipinski definition) is 9. The number of unbranched alkanes of at least 4 members (excludes halogenated alkanes) is 12. The van der Waals surface area contributed by atoms with Crippen molar-refractivity contribution in [3.63, 3.8) is 0 Å². The van der Waals surface area contributed by atoms with E-state index in [1.165, 1.54) is 98.0 Å². The summed E-state index contributed by atoms with van der Waals surface area (Å²) in [5, 5.41) is 49.6. The molecule has 10 aromatic rings. The first-order valence-electron chi connectivity index (χ1n) is 48.6. The molecule has 9 amide bonds. The number of nitrogens with zero attached hydrogens (tertiary/aromatic N) is 4. The van der Waals surface area contributed by atoms with E-state index >= 15 is 0 Å². The van der Waals surface area contributed by atoms with Crippen LogP contribution in [0.1, 0.15) is 239 Å². The maximum absolute atomic E-state index is 13.2. The van der Waals surface area contributed by atoms with Crippen LogP contribution in [0.15, 0.2) is 187 Å². The first-order valence-corrected chi connectivity index (χ1v) is 50.8. The van der Waals surface area contributed by atoms with Crippen molar-refractivity contribution in [1.82, 2.24) is 21.0 Å². The zero-order valence-electron chi connectivity index (χ0n) is 83.7. The van der Waals surface area contributed by atoms with E-state index in [-0.39, 0.29) is 116 Å². The molecule has 13 rings (SSSR count). The third-order valence-corrected chi connectivity index (χ3v) is 25.0. The number of nitrogens with one attached hydrogen (secondary N) is 6. The maximum Gasteiger partial charge on any atom is 0.417 e. The normalized spacial score (nSPS) is 13.9. The first-order chi connectivity index (χ1) is 68.8. The molecule has 9 N–H and O–H groups in total. The van der Waals surface area contributed by atoms with Crippen LogP contribution in [0, 0.1) is 62.3 Å². The Bertz CT molecular complexity index is 6070. The van der Waals surface area contributed by atoms with Crippen LogP contribution >= 0.6 is 69.6 Å². The lowest BCUT2D eigenvalue weighted by Gasteiger charge is -2.21. The van der Waals surface area contributed by atoms with E-state index in [1.54, 1.807) is 86.6 Å². The minimum atomic E-state index is -0.708. The van der Waals surface area contributed by atoms with Crippen LogP contribution in [0.4, 0.5) is 33.2 Å². The van der Waals surface area contributed by atoms with E-state index in [0.29, 0.717) is 81.2 Å². The molecular formula is C111H130Cl6N10O17. The third kappa shape index (κ3) is 35.7. The average molecular weight is 2090 g/mol. The van der Waals surface area contributed by atoms with Gasteiger partial charge in [-0.25, -0.2) is 20.1 Å². The van der Waals surface area contributed by atoms with Gasteiger partial charge in [0.25, 0.3) is 41.4 Å². The molecule has 0 aliphatic carbocycles. The van der Waals surface area contributed by atoms with Crippen molar-refractivity contribution in [2.24, 2.45) is 5.10 Å². The number of rotatable bonds is 40. The number of carbonyl (C=O) groups excluding carboxylic acids is 9. The zero-order chi connectivity index (χ0) is 105. The van der Waals surface area contributed by atoms with Crippen LogP contribution in [0.25, 0.3) is 0 Å². The van der Waals surface area contributed by atoms with Crippen molar-refractivity contribution in [2.45, 2.75) is 256 Å². The Hall–Kier alpha value is -12.6. The second kappa shape index (κ2) is 57.8. The van der Waals surface area contributed by atoms with Gasteiger partial charge in [0.2, 0.25) is 5.91 Å². The van der Waals surface area contributed by atoms with E-state index < -0.39 is 48.3 Å². The number of benzene rings is 10. The Labute approximate surface area is 873 Å². The Kier molecular flexibility index (Phi) is 46.1. The molecule has 0 bridgehead atoms. The molecule has 768 valence electrons. The number of phenols is 3. The minimum absolute atomic E-state index is 0.0215. The molecule has 0 aromatic heterocycles. The average Bonchev–Trinajstić information content (AvgIpc) is 1.61. The summed E-state index contributed by atoms with van der Waals surface area (Å²) in [6.07, 6.45) is 16.8. The van der Waals surface area contributed by atoms with Crippen molar-refractivity contribution < 1.29 is 82.2 Å². The van der Waals surface area contributed by atoms with E-state index in [1.807, 2.05) is 127 Å². The van der Waals surface area contributed by atoms with Crippen LogP contribution in [0.5, 0.6) is 40.2 Å². The smallest absolute Gasteiger partial charge is 0.417 e. The number of halogens is 6. The second-order valence-electron chi connectivity index (χ2n) is 35.7. The summed E-state index contributed by atoms with van der Waals surface area (Å²) in [4.78, 5) is 115. The van der Waals surface area contributed by atoms with Gasteiger partial charge in [0.05, 0.1) is 51.8 Å². The molecule has 144 heavy (non-hydrogen) atoms. The summed E-state index contributed by atoms with van der Waals surface area (Å²) in [6.45, 7) is 26.3. The number of phenolic OH excluding ortho intramolecular Hbond substituents is 3. The van der Waals surface area contributed by atoms with Gasteiger partial charge in [-0.1, -0.05) is 264 Å². The molecule has 0 saturated carbocycles. The van der Waals surface area contributed by atoms with Gasteiger partial charge in [-0.05, 0) is 244 Å². The summed E-state index contributed by atoms with van der Waals surface area (Å²) in [5.74, 6) is 0.698. The number of cyclic esters (lactones) is 1. The number of hydrogen-bond acceptors (Lipinski definition) is 19. The number of imide groups is 1. The van der Waals surface area contributed by atoms with Crippen molar-refractivity contribution >= 4 is 157 Å². The van der Waals surface area contributed by atoms with Gasteiger partial charge in [0.1, 0.15) is 57.9 Å². The second-order valence-corrected chi connectivity index (χ2v) is 38.2. The Morgan fingerprint density at radius 3 is 1.44 bits per heavy atom. The predicted molar refractivity (Wildman–Crippen MR) is 573 cm³/mol. The van der Waals surface area contributed by atoms with Gasteiger partial charge in [0.15, 0.2) is 24.9 Å². The van der Waals surface area contributed by atoms with Gasteiger partial charge in [-0.2, -0.15) is 10.1 Å². The lowest BCUT2D eigenvalue weighted by Crippen LogP contribution is -2.46. The van der Waals surface area contributed by atoms with Crippen molar-refractivity contribution in [3.8, 4) is 40.2 Å². The lowest BCUT2D eigenvalue weighted by molar-refractivity contribution is -0.130. The number of hydrazine groups is 1. The van der Waals surface area contributed by atoms with Crippen molar-refractivity contribution in [1.29, 1.82) is 0 Å². The third-order valence-electron chi connectivity index (χ3n) is 23.4. The Morgan fingerprint density at radius 1 is 0.451 bits per heavy atom. The highest BCUT2D eigenvalue weighted by atomic mass is 35.5. The summed E-state index contributed by atoms with van der Waals surface area (Å²) in [7, 11) is 0. The highest BCUT2D eigenvalue weighted by Crippen LogP contribution is 2.41. The fraction of sp³-hybridized carbons (Fsp3) is 0.369. The molecule has 4 atom stereocenters. The molecule has 3 aliphatic rings. The molecule has 33 heteroatoms. The molecule has 3 aliphatic heterocycles. The van der Waals surface area contributed by atoms with Crippen LogP contribution in [0.3, 0.4) is 0 Å². The summed E-state index contributed by atoms with van der Waals surface area (Å²) < 4.78 is 29.0. The molecule has 3 heterocycles. The van der Waals surface area contributed by atoms with Crippen molar-refractivity contribution in [3.05, 3.63) is 279 Å².